The van der Waals surface area contributed by atoms with Gasteiger partial charge in [-0.3, -0.25) is 9.59 Å². The molecule has 1 aliphatic rings. The molecule has 1 fully saturated rings. The van der Waals surface area contributed by atoms with Crippen LogP contribution < -0.4 is 10.2 Å². The molecular weight excluding hydrogens is 336 g/mol. The molecule has 2 aromatic rings. The van der Waals surface area contributed by atoms with Crippen LogP contribution in [-0.4, -0.2) is 18.4 Å². The second kappa shape index (κ2) is 7.28. The van der Waals surface area contributed by atoms with Gasteiger partial charge in [0.05, 0.1) is 12.0 Å². The van der Waals surface area contributed by atoms with E-state index in [0.717, 1.165) is 16.8 Å². The van der Waals surface area contributed by atoms with Crippen molar-refractivity contribution in [1.29, 1.82) is 0 Å². The lowest BCUT2D eigenvalue weighted by Crippen LogP contribution is -2.34. The van der Waals surface area contributed by atoms with Crippen molar-refractivity contribution in [2.45, 2.75) is 26.3 Å². The number of carbonyl (C=O) groups excluding carboxylic acids is 2. The third-order valence-corrected chi connectivity index (χ3v) is 5.09. The number of hydrogen-bond acceptors (Lipinski definition) is 2. The second-order valence-corrected chi connectivity index (χ2v) is 6.84. The highest BCUT2D eigenvalue weighted by molar-refractivity contribution is 6.31. The lowest BCUT2D eigenvalue weighted by molar-refractivity contribution is -0.126. The van der Waals surface area contributed by atoms with Crippen molar-refractivity contribution in [2.75, 3.05) is 11.4 Å². The van der Waals surface area contributed by atoms with Gasteiger partial charge in [0.1, 0.15) is 0 Å². The van der Waals surface area contributed by atoms with E-state index in [1.807, 2.05) is 56.3 Å². The van der Waals surface area contributed by atoms with Crippen LogP contribution in [-0.2, 0) is 9.59 Å². The largest absolute Gasteiger partial charge is 0.349 e. The number of hydrogen-bond donors (Lipinski definition) is 1. The Morgan fingerprint density at radius 3 is 2.64 bits per heavy atom. The Bertz CT molecular complexity index is 792. The first-order valence-electron chi connectivity index (χ1n) is 8.38. The predicted molar refractivity (Wildman–Crippen MR) is 99.6 cm³/mol. The van der Waals surface area contributed by atoms with Crippen LogP contribution >= 0.6 is 11.6 Å². The molecule has 1 aliphatic heterocycles. The second-order valence-electron chi connectivity index (χ2n) is 6.43. The van der Waals surface area contributed by atoms with Crippen LogP contribution in [0.15, 0.2) is 48.5 Å². The van der Waals surface area contributed by atoms with Gasteiger partial charge in [-0.05, 0) is 37.1 Å². The number of amides is 2. The summed E-state index contributed by atoms with van der Waals surface area (Å²) < 4.78 is 0. The van der Waals surface area contributed by atoms with Gasteiger partial charge in [-0.1, -0.05) is 48.0 Å². The molecule has 0 radical (unpaired) electrons. The minimum absolute atomic E-state index is 0.0436. The molecule has 0 saturated carbocycles. The molecule has 130 valence electrons. The summed E-state index contributed by atoms with van der Waals surface area (Å²) >= 11 is 6.16. The van der Waals surface area contributed by atoms with Crippen LogP contribution in [0.2, 0.25) is 5.02 Å². The quantitative estimate of drug-likeness (QED) is 0.903. The molecule has 0 aliphatic carbocycles. The summed E-state index contributed by atoms with van der Waals surface area (Å²) in [5.41, 5.74) is 2.68. The van der Waals surface area contributed by atoms with E-state index in [0.29, 0.717) is 11.6 Å². The lowest BCUT2D eigenvalue weighted by Gasteiger charge is -2.20. The van der Waals surface area contributed by atoms with Gasteiger partial charge in [-0.25, -0.2) is 0 Å². The molecule has 4 nitrogen and oxygen atoms in total. The average Bonchev–Trinajstić information content (AvgIpc) is 3.00. The normalized spacial score (nSPS) is 18.3. The number of anilines is 1. The molecule has 25 heavy (non-hydrogen) atoms. The maximum atomic E-state index is 12.6. The van der Waals surface area contributed by atoms with Crippen molar-refractivity contribution in [1.82, 2.24) is 5.32 Å². The minimum Gasteiger partial charge on any atom is -0.349 e. The molecular formula is C20H21ClN2O2. The van der Waals surface area contributed by atoms with Crippen LogP contribution in [0.25, 0.3) is 0 Å². The number of rotatable bonds is 4. The van der Waals surface area contributed by atoms with Crippen molar-refractivity contribution < 1.29 is 9.59 Å². The third kappa shape index (κ3) is 3.69. The highest BCUT2D eigenvalue weighted by Crippen LogP contribution is 2.31. The molecule has 1 saturated heterocycles. The van der Waals surface area contributed by atoms with Crippen molar-refractivity contribution in [3.8, 4) is 0 Å². The summed E-state index contributed by atoms with van der Waals surface area (Å²) in [5, 5.41) is 3.63. The highest BCUT2D eigenvalue weighted by atomic mass is 35.5. The van der Waals surface area contributed by atoms with E-state index in [4.69, 9.17) is 11.6 Å². The Morgan fingerprint density at radius 2 is 1.92 bits per heavy atom. The van der Waals surface area contributed by atoms with Crippen molar-refractivity contribution >= 4 is 29.1 Å². The van der Waals surface area contributed by atoms with Crippen LogP contribution in [0.3, 0.4) is 0 Å². The number of halogens is 1. The zero-order valence-electron chi connectivity index (χ0n) is 14.3. The molecule has 3 rings (SSSR count). The van der Waals surface area contributed by atoms with E-state index in [2.05, 4.69) is 5.32 Å². The van der Waals surface area contributed by atoms with E-state index in [-0.39, 0.29) is 30.2 Å². The monoisotopic (exact) mass is 356 g/mol. The molecule has 5 heteroatoms. The zero-order chi connectivity index (χ0) is 18.0. The Balaban J connectivity index is 1.70. The fourth-order valence-electron chi connectivity index (χ4n) is 3.16. The summed E-state index contributed by atoms with van der Waals surface area (Å²) in [6.07, 6.45) is 0.222. The third-order valence-electron chi connectivity index (χ3n) is 4.68. The average molecular weight is 357 g/mol. The molecule has 2 amide bonds. The maximum absolute atomic E-state index is 12.6. The van der Waals surface area contributed by atoms with Crippen molar-refractivity contribution in [3.05, 3.63) is 64.7 Å². The van der Waals surface area contributed by atoms with Gasteiger partial charge in [0, 0.05) is 23.7 Å². The zero-order valence-corrected chi connectivity index (χ0v) is 15.1. The number of nitrogens with zero attached hydrogens (tertiary/aromatic N) is 1. The molecule has 0 aromatic heterocycles. The van der Waals surface area contributed by atoms with E-state index < -0.39 is 0 Å². The van der Waals surface area contributed by atoms with Crippen molar-refractivity contribution in [2.24, 2.45) is 5.92 Å². The van der Waals surface area contributed by atoms with Gasteiger partial charge >= 0.3 is 0 Å². The molecule has 0 unspecified atom stereocenters. The van der Waals surface area contributed by atoms with Gasteiger partial charge in [0.15, 0.2) is 0 Å². The topological polar surface area (TPSA) is 49.4 Å². The number of nitrogens with one attached hydrogen (secondary N) is 1. The van der Waals surface area contributed by atoms with Crippen LogP contribution in [0.1, 0.15) is 30.5 Å². The molecule has 2 atom stereocenters. The fourth-order valence-corrected chi connectivity index (χ4v) is 3.33. The number of carbonyl (C=O) groups is 2. The van der Waals surface area contributed by atoms with Gasteiger partial charge in [-0.15, -0.1) is 0 Å². The van der Waals surface area contributed by atoms with E-state index in [9.17, 15) is 9.59 Å². The van der Waals surface area contributed by atoms with Gasteiger partial charge in [-0.2, -0.15) is 0 Å². The molecule has 1 heterocycles. The van der Waals surface area contributed by atoms with Gasteiger partial charge in [0.2, 0.25) is 11.8 Å². The molecule has 0 spiro atoms. The smallest absolute Gasteiger partial charge is 0.227 e. The van der Waals surface area contributed by atoms with Crippen LogP contribution in [0.5, 0.6) is 0 Å². The van der Waals surface area contributed by atoms with E-state index in [1.165, 1.54) is 0 Å². The lowest BCUT2D eigenvalue weighted by atomic mass is 10.1. The Hall–Kier alpha value is -2.33. The summed E-state index contributed by atoms with van der Waals surface area (Å²) in [5.74, 6) is -0.484. The fraction of sp³-hybridized carbons (Fsp3) is 0.300. The highest BCUT2D eigenvalue weighted by Gasteiger charge is 2.36. The first-order chi connectivity index (χ1) is 12.0. The molecule has 1 N–H and O–H groups in total. The SMILES string of the molecule is Cc1c(Cl)cccc1N1C[C@@H](C(=O)N[C@H](C)c2ccccc2)CC1=O. The Morgan fingerprint density at radius 1 is 1.20 bits per heavy atom. The van der Waals surface area contributed by atoms with Crippen molar-refractivity contribution in [3.63, 3.8) is 0 Å². The summed E-state index contributed by atoms with van der Waals surface area (Å²) in [6, 6.07) is 15.2. The van der Waals surface area contributed by atoms with E-state index in [1.54, 1.807) is 11.0 Å². The maximum Gasteiger partial charge on any atom is 0.227 e. The Labute approximate surface area is 152 Å². The van der Waals surface area contributed by atoms with Crippen LogP contribution in [0.4, 0.5) is 5.69 Å². The summed E-state index contributed by atoms with van der Waals surface area (Å²) in [6.45, 7) is 4.21. The minimum atomic E-state index is -0.350. The number of benzene rings is 2. The van der Waals surface area contributed by atoms with Gasteiger partial charge in [0.25, 0.3) is 0 Å². The predicted octanol–water partition coefficient (Wildman–Crippen LogP) is 3.88. The van der Waals surface area contributed by atoms with Crippen LogP contribution in [0, 0.1) is 12.8 Å². The Kier molecular flexibility index (Phi) is 5.09. The summed E-state index contributed by atoms with van der Waals surface area (Å²) in [4.78, 5) is 26.7. The first-order valence-corrected chi connectivity index (χ1v) is 8.76. The first kappa shape index (κ1) is 17.5. The molecule has 2 aromatic carbocycles. The van der Waals surface area contributed by atoms with Gasteiger partial charge < -0.3 is 10.2 Å². The summed E-state index contributed by atoms with van der Waals surface area (Å²) in [7, 11) is 0. The van der Waals surface area contributed by atoms with E-state index >= 15 is 0 Å². The molecule has 0 bridgehead atoms. The standard InChI is InChI=1S/C20H21ClN2O2/c1-13-17(21)9-6-10-18(13)23-12-16(11-19(23)24)20(25)22-14(2)15-7-4-3-5-8-15/h3-10,14,16H,11-12H2,1-2H3,(H,22,25)/t14-,16+/m1/s1.